The molecule has 30 heavy (non-hydrogen) atoms. The first-order valence-corrected chi connectivity index (χ1v) is 10.8. The molecule has 9 nitrogen and oxygen atoms in total. The van der Waals surface area contributed by atoms with Gasteiger partial charge >= 0.3 is 5.97 Å². The molecule has 3 aliphatic heterocycles. The maximum absolute atomic E-state index is 12.6. The molecule has 3 saturated heterocycles. The van der Waals surface area contributed by atoms with Crippen molar-refractivity contribution in [3.63, 3.8) is 0 Å². The lowest BCUT2D eigenvalue weighted by molar-refractivity contribution is -0.296. The average Bonchev–Trinajstić information content (AvgIpc) is 3.28. The highest BCUT2D eigenvalue weighted by molar-refractivity contribution is 9.10. The monoisotopic (exact) mass is 492 g/mol. The highest BCUT2D eigenvalue weighted by atomic mass is 79.9. The normalized spacial score (nSPS) is 37.3. The molecular weight excluding hydrogens is 464 g/mol. The SMILES string of the molecule is CCOC(=O)C(Br)[C@@]1(OCC#CCO)O[C@H]([C@H]2COC(C)(C)O2)[C@H]2OC(C)(C)O[C@H]21. The van der Waals surface area contributed by atoms with Gasteiger partial charge in [0.05, 0.1) is 13.2 Å². The summed E-state index contributed by atoms with van der Waals surface area (Å²) in [5.74, 6) is 1.34. The van der Waals surface area contributed by atoms with Crippen LogP contribution in [0.4, 0.5) is 0 Å². The van der Waals surface area contributed by atoms with Gasteiger partial charge in [-0.1, -0.05) is 27.8 Å². The van der Waals surface area contributed by atoms with E-state index in [0.29, 0.717) is 0 Å². The summed E-state index contributed by atoms with van der Waals surface area (Å²) in [5.41, 5.74) is 0. The molecule has 6 atom stereocenters. The van der Waals surface area contributed by atoms with E-state index in [0.717, 1.165) is 0 Å². The van der Waals surface area contributed by atoms with Gasteiger partial charge in [0, 0.05) is 0 Å². The third-order valence-corrected chi connectivity index (χ3v) is 6.00. The minimum Gasteiger partial charge on any atom is -0.465 e. The molecule has 1 N–H and O–H groups in total. The molecule has 0 aromatic heterocycles. The van der Waals surface area contributed by atoms with E-state index in [-0.39, 0.29) is 26.4 Å². The summed E-state index contributed by atoms with van der Waals surface area (Å²) >= 11 is 3.40. The third-order valence-electron chi connectivity index (χ3n) is 4.99. The number of ether oxygens (including phenoxy) is 7. The first kappa shape index (κ1) is 23.9. The van der Waals surface area contributed by atoms with Crippen LogP contribution in [0.1, 0.15) is 34.6 Å². The molecular formula is C20H29BrO9. The summed E-state index contributed by atoms with van der Waals surface area (Å²) in [6.45, 7) is 8.97. The number of carbonyl (C=O) groups is 1. The standard InChI is InChI=1S/C20H29BrO9/c1-6-24-17(23)15(21)20(25-10-8-7-9-22)16-14(28-19(4,5)30-16)13(29-20)12-11-26-18(2,3)27-12/h12-16,22H,6,9-11H2,1-5H3/t12-,13-,14-,15?,16-,20-/m1/s1. The summed E-state index contributed by atoms with van der Waals surface area (Å²) in [7, 11) is 0. The Morgan fingerprint density at radius 2 is 1.87 bits per heavy atom. The Morgan fingerprint density at radius 1 is 1.13 bits per heavy atom. The van der Waals surface area contributed by atoms with Crippen LogP contribution in [0.25, 0.3) is 0 Å². The number of aliphatic hydroxyl groups excluding tert-OH is 1. The average molecular weight is 493 g/mol. The van der Waals surface area contributed by atoms with E-state index in [1.807, 2.05) is 13.8 Å². The fourth-order valence-corrected chi connectivity index (χ4v) is 4.51. The van der Waals surface area contributed by atoms with Crippen molar-refractivity contribution in [3.05, 3.63) is 0 Å². The Balaban J connectivity index is 1.95. The Morgan fingerprint density at radius 3 is 2.47 bits per heavy atom. The lowest BCUT2D eigenvalue weighted by Crippen LogP contribution is -2.55. The van der Waals surface area contributed by atoms with Gasteiger partial charge in [-0.2, -0.15) is 0 Å². The molecule has 3 fully saturated rings. The maximum atomic E-state index is 12.6. The highest BCUT2D eigenvalue weighted by Crippen LogP contribution is 2.50. The van der Waals surface area contributed by atoms with Gasteiger partial charge in [-0.25, -0.2) is 0 Å². The van der Waals surface area contributed by atoms with Gasteiger partial charge in [-0.05, 0) is 34.6 Å². The number of alkyl halides is 1. The number of hydrogen-bond donors (Lipinski definition) is 1. The summed E-state index contributed by atoms with van der Waals surface area (Å²) in [5, 5.41) is 8.92. The van der Waals surface area contributed by atoms with Gasteiger partial charge in [-0.3, -0.25) is 4.79 Å². The minimum atomic E-state index is -1.59. The van der Waals surface area contributed by atoms with Crippen molar-refractivity contribution in [1.82, 2.24) is 0 Å². The van der Waals surface area contributed by atoms with Gasteiger partial charge in [0.25, 0.3) is 0 Å². The molecule has 10 heteroatoms. The maximum Gasteiger partial charge on any atom is 0.325 e. The van der Waals surface area contributed by atoms with Gasteiger partial charge in [0.1, 0.15) is 37.6 Å². The molecule has 3 heterocycles. The van der Waals surface area contributed by atoms with Crippen molar-refractivity contribution < 1.29 is 43.1 Å². The van der Waals surface area contributed by atoms with E-state index in [1.54, 1.807) is 20.8 Å². The molecule has 0 aromatic carbocycles. The van der Waals surface area contributed by atoms with Crippen molar-refractivity contribution >= 4 is 21.9 Å². The van der Waals surface area contributed by atoms with Crippen LogP contribution >= 0.6 is 15.9 Å². The zero-order valence-corrected chi connectivity index (χ0v) is 19.4. The summed E-state index contributed by atoms with van der Waals surface area (Å²) in [6, 6.07) is 0. The number of aliphatic hydroxyl groups is 1. The number of hydrogen-bond acceptors (Lipinski definition) is 9. The Labute approximate surface area is 184 Å². The fourth-order valence-electron chi connectivity index (χ4n) is 3.88. The van der Waals surface area contributed by atoms with E-state index < -0.39 is 52.6 Å². The zero-order valence-electron chi connectivity index (χ0n) is 17.8. The van der Waals surface area contributed by atoms with Crippen LogP contribution in [-0.2, 0) is 38.0 Å². The lowest BCUT2D eigenvalue weighted by atomic mass is 10.00. The van der Waals surface area contributed by atoms with E-state index in [9.17, 15) is 4.79 Å². The Kier molecular flexibility index (Phi) is 7.16. The van der Waals surface area contributed by atoms with Crippen LogP contribution in [0.3, 0.4) is 0 Å². The second-order valence-corrected chi connectivity index (χ2v) is 9.02. The summed E-state index contributed by atoms with van der Waals surface area (Å²) in [4.78, 5) is 11.6. The lowest BCUT2D eigenvalue weighted by Gasteiger charge is -2.37. The number of rotatable bonds is 6. The molecule has 3 aliphatic rings. The van der Waals surface area contributed by atoms with Crippen LogP contribution in [-0.4, -0.2) is 84.1 Å². The van der Waals surface area contributed by atoms with Crippen molar-refractivity contribution in [3.8, 4) is 11.8 Å². The molecule has 1 unspecified atom stereocenters. The molecule has 0 bridgehead atoms. The zero-order chi connectivity index (χ0) is 22.2. The number of fused-ring (bicyclic) bond motifs is 1. The predicted molar refractivity (Wildman–Crippen MR) is 106 cm³/mol. The van der Waals surface area contributed by atoms with Gasteiger partial charge < -0.3 is 38.3 Å². The smallest absolute Gasteiger partial charge is 0.325 e. The Bertz CT molecular complexity index is 700. The van der Waals surface area contributed by atoms with E-state index in [2.05, 4.69) is 27.8 Å². The fraction of sp³-hybridized carbons (Fsp3) is 0.850. The molecule has 0 spiro atoms. The Hall–Kier alpha value is -0.770. The van der Waals surface area contributed by atoms with Crippen molar-refractivity contribution in [2.45, 2.75) is 81.2 Å². The summed E-state index contributed by atoms with van der Waals surface area (Å²) < 4.78 is 41.5. The van der Waals surface area contributed by atoms with Crippen LogP contribution in [0, 0.1) is 11.8 Å². The second-order valence-electron chi connectivity index (χ2n) is 8.11. The van der Waals surface area contributed by atoms with Crippen molar-refractivity contribution in [2.24, 2.45) is 0 Å². The van der Waals surface area contributed by atoms with E-state index in [1.165, 1.54) is 0 Å². The second kappa shape index (κ2) is 9.00. The molecule has 0 amide bonds. The molecule has 170 valence electrons. The van der Waals surface area contributed by atoms with Crippen molar-refractivity contribution in [2.75, 3.05) is 26.4 Å². The topological polar surface area (TPSA) is 102 Å². The number of halogens is 1. The molecule has 0 aliphatic carbocycles. The van der Waals surface area contributed by atoms with Crippen LogP contribution in [0.15, 0.2) is 0 Å². The third kappa shape index (κ3) is 4.69. The van der Waals surface area contributed by atoms with E-state index in [4.69, 9.17) is 38.3 Å². The van der Waals surface area contributed by atoms with Gasteiger partial charge in [-0.15, -0.1) is 0 Å². The minimum absolute atomic E-state index is 0.102. The summed E-state index contributed by atoms with van der Waals surface area (Å²) in [6.07, 6.45) is -2.43. The first-order valence-electron chi connectivity index (χ1n) is 9.91. The molecule has 0 aromatic rings. The molecule has 3 rings (SSSR count). The molecule has 0 saturated carbocycles. The highest BCUT2D eigenvalue weighted by Gasteiger charge is 2.69. The number of esters is 1. The van der Waals surface area contributed by atoms with Crippen LogP contribution < -0.4 is 0 Å². The number of carbonyl (C=O) groups excluding carboxylic acids is 1. The largest absolute Gasteiger partial charge is 0.465 e. The van der Waals surface area contributed by atoms with E-state index >= 15 is 0 Å². The molecule has 0 radical (unpaired) electrons. The van der Waals surface area contributed by atoms with Crippen LogP contribution in [0.5, 0.6) is 0 Å². The first-order chi connectivity index (χ1) is 14.1. The van der Waals surface area contributed by atoms with Crippen LogP contribution in [0.2, 0.25) is 0 Å². The predicted octanol–water partition coefficient (Wildman–Crippen LogP) is 1.09. The van der Waals surface area contributed by atoms with Crippen molar-refractivity contribution in [1.29, 1.82) is 0 Å². The quantitative estimate of drug-likeness (QED) is 0.331. The van der Waals surface area contributed by atoms with Gasteiger partial charge in [0.15, 0.2) is 16.4 Å². The van der Waals surface area contributed by atoms with Gasteiger partial charge in [0.2, 0.25) is 5.79 Å².